The summed E-state index contributed by atoms with van der Waals surface area (Å²) in [5.74, 6) is -2.44. The molecular weight excluding hydrogens is 477 g/mol. The predicted octanol–water partition coefficient (Wildman–Crippen LogP) is 5.16. The molecule has 1 aliphatic heterocycles. The third kappa shape index (κ3) is 4.62. The first-order chi connectivity index (χ1) is 15.2. The van der Waals surface area contributed by atoms with E-state index in [9.17, 15) is 8.78 Å². The van der Waals surface area contributed by atoms with Crippen LogP contribution in [0.2, 0.25) is 10.0 Å². The van der Waals surface area contributed by atoms with Gasteiger partial charge in [0.1, 0.15) is 10.8 Å². The summed E-state index contributed by atoms with van der Waals surface area (Å²) in [6, 6.07) is 7.45. The van der Waals surface area contributed by atoms with Gasteiger partial charge in [0.05, 0.1) is 21.6 Å². The van der Waals surface area contributed by atoms with Crippen LogP contribution < -0.4 is 21.1 Å². The topological polar surface area (TPSA) is 93.1 Å². The number of aromatic nitrogens is 2. The monoisotopic (exact) mass is 496 g/mol. The van der Waals surface area contributed by atoms with Crippen molar-refractivity contribution in [3.05, 3.63) is 58.7 Å². The Balaban J connectivity index is 1.77. The zero-order valence-corrected chi connectivity index (χ0v) is 19.1. The van der Waals surface area contributed by atoms with Crippen LogP contribution in [0.5, 0.6) is 0 Å². The minimum absolute atomic E-state index is 0.0453. The van der Waals surface area contributed by atoms with Crippen LogP contribution >= 0.6 is 35.1 Å². The van der Waals surface area contributed by atoms with Gasteiger partial charge in [-0.1, -0.05) is 29.8 Å². The lowest BCUT2D eigenvalue weighted by atomic mass is 10.0. The van der Waals surface area contributed by atoms with E-state index in [2.05, 4.69) is 16.9 Å². The van der Waals surface area contributed by atoms with Crippen LogP contribution in [0.1, 0.15) is 12.0 Å². The number of hydrogen-bond donors (Lipinski definition) is 3. The molecule has 1 aliphatic rings. The maximum atomic E-state index is 14.0. The van der Waals surface area contributed by atoms with Gasteiger partial charge in [0.25, 0.3) is 5.92 Å². The number of nitrogens with one attached hydrogen (secondary N) is 1. The highest BCUT2D eigenvalue weighted by atomic mass is 35.5. The molecule has 3 aromatic rings. The molecule has 6 nitrogen and oxygen atoms in total. The number of alkyl halides is 2. The molecule has 5 N–H and O–H groups in total. The number of rotatable bonds is 5. The second kappa shape index (κ2) is 8.99. The average Bonchev–Trinajstić information content (AvgIpc) is 2.76. The van der Waals surface area contributed by atoms with Gasteiger partial charge in [0.15, 0.2) is 0 Å². The molecule has 0 saturated carbocycles. The second-order valence-electron chi connectivity index (χ2n) is 7.49. The van der Waals surface area contributed by atoms with Crippen molar-refractivity contribution in [2.45, 2.75) is 23.4 Å². The van der Waals surface area contributed by atoms with E-state index in [-0.39, 0.29) is 19.5 Å². The molecule has 1 atom stereocenters. The van der Waals surface area contributed by atoms with Crippen molar-refractivity contribution in [1.82, 2.24) is 9.97 Å². The highest BCUT2D eigenvalue weighted by molar-refractivity contribution is 7.97. The quantitative estimate of drug-likeness (QED) is 0.420. The molecule has 4 rings (SSSR count). The smallest absolute Gasteiger partial charge is 0.266 e. The number of piperidine rings is 1. The molecule has 0 bridgehead atoms. The van der Waals surface area contributed by atoms with Gasteiger partial charge < -0.3 is 16.0 Å². The number of fused-ring (bicyclic) bond motifs is 1. The molecule has 2 aromatic heterocycles. The normalized spacial score (nSPS) is 18.1. The maximum absolute atomic E-state index is 14.0. The molecular formula is C21H20Cl2F2N6S. The molecule has 168 valence electrons. The summed E-state index contributed by atoms with van der Waals surface area (Å²) < 4.78 is 28.0. The summed E-state index contributed by atoms with van der Waals surface area (Å²) in [5.41, 5.74) is 8.22. The Morgan fingerprint density at radius 2 is 2.00 bits per heavy atom. The van der Waals surface area contributed by atoms with Crippen molar-refractivity contribution in [3.8, 4) is 0 Å². The van der Waals surface area contributed by atoms with Gasteiger partial charge in [-0.2, -0.15) is 0 Å². The fraction of sp³-hybridized carbons (Fsp3) is 0.238. The fourth-order valence-corrected chi connectivity index (χ4v) is 4.19. The Morgan fingerprint density at radius 1 is 1.25 bits per heavy atom. The average molecular weight is 497 g/mol. The minimum atomic E-state index is -2.92. The van der Waals surface area contributed by atoms with Crippen LogP contribution in [-0.4, -0.2) is 35.0 Å². The van der Waals surface area contributed by atoms with Crippen molar-refractivity contribution in [1.29, 1.82) is 0 Å². The van der Waals surface area contributed by atoms with Crippen LogP contribution in [0.4, 0.5) is 20.3 Å². The number of hydrogen-bond acceptors (Lipinski definition) is 7. The Labute approximate surface area is 198 Å². The first-order valence-corrected chi connectivity index (χ1v) is 11.3. The van der Waals surface area contributed by atoms with E-state index in [1.54, 1.807) is 35.4 Å². The maximum Gasteiger partial charge on any atom is 0.266 e. The van der Waals surface area contributed by atoms with Crippen molar-refractivity contribution < 1.29 is 8.78 Å². The van der Waals surface area contributed by atoms with Crippen LogP contribution in [0.3, 0.4) is 0 Å². The van der Waals surface area contributed by atoms with Gasteiger partial charge in [-0.3, -0.25) is 5.14 Å². The van der Waals surface area contributed by atoms with E-state index < -0.39 is 12.0 Å². The van der Waals surface area contributed by atoms with E-state index >= 15 is 0 Å². The first kappa shape index (κ1) is 23.0. The van der Waals surface area contributed by atoms with E-state index in [1.807, 2.05) is 6.07 Å². The highest BCUT2D eigenvalue weighted by Gasteiger charge is 2.42. The molecule has 1 saturated heterocycles. The van der Waals surface area contributed by atoms with Crippen molar-refractivity contribution >= 4 is 63.3 Å². The van der Waals surface area contributed by atoms with Gasteiger partial charge in [0, 0.05) is 48.0 Å². The molecule has 32 heavy (non-hydrogen) atoms. The molecule has 1 unspecified atom stereocenters. The predicted molar refractivity (Wildman–Crippen MR) is 128 cm³/mol. The molecule has 1 aromatic carbocycles. The van der Waals surface area contributed by atoms with Crippen molar-refractivity contribution in [2.24, 2.45) is 10.9 Å². The molecule has 0 radical (unpaired) electrons. The van der Waals surface area contributed by atoms with Gasteiger partial charge in [-0.25, -0.2) is 18.7 Å². The third-order valence-electron chi connectivity index (χ3n) is 5.29. The summed E-state index contributed by atoms with van der Waals surface area (Å²) in [6.45, 7) is 4.21. The molecule has 3 heterocycles. The Hall–Kier alpha value is -2.17. The molecule has 1 fully saturated rings. The summed E-state index contributed by atoms with van der Waals surface area (Å²) in [7, 11) is 0. The lowest BCUT2D eigenvalue weighted by Crippen LogP contribution is -2.55. The number of nitrogens with two attached hydrogens (primary N) is 2. The van der Waals surface area contributed by atoms with Crippen LogP contribution in [-0.2, 0) is 0 Å². The Kier molecular flexibility index (Phi) is 6.46. The summed E-state index contributed by atoms with van der Waals surface area (Å²) in [5, 5.41) is 10.9. The zero-order valence-electron chi connectivity index (χ0n) is 16.8. The van der Waals surface area contributed by atoms with E-state index in [4.69, 9.17) is 39.1 Å². The minimum Gasteiger partial charge on any atom is -0.355 e. The standard InChI is InChI=1S/C21H20Cl2F2N6S/c1-11(29-13-2-4-28-19(8-13)32-27)14-6-12-7-15(22)16(23)9-17(12)30-20(14)31-5-3-21(24,25)18(26)10-31/h2,4,6-9,18H,1,3,5,10,26-27H2,(H,28,29). The van der Waals surface area contributed by atoms with Gasteiger partial charge in [-0.15, -0.1) is 0 Å². The Morgan fingerprint density at radius 3 is 2.72 bits per heavy atom. The number of nitrogens with zero attached hydrogens (tertiary/aromatic N) is 3. The van der Waals surface area contributed by atoms with Gasteiger partial charge in [-0.05, 0) is 42.3 Å². The number of halogens is 4. The molecule has 0 amide bonds. The van der Waals surface area contributed by atoms with E-state index in [1.165, 1.54) is 0 Å². The largest absolute Gasteiger partial charge is 0.355 e. The van der Waals surface area contributed by atoms with Crippen LogP contribution in [0, 0.1) is 0 Å². The Bertz CT molecular complexity index is 1190. The number of benzene rings is 1. The SMILES string of the molecule is C=C(Nc1ccnc(SN)c1)c1cc2cc(Cl)c(Cl)cc2nc1N1CCC(F)(F)C(N)C1. The highest BCUT2D eigenvalue weighted by Crippen LogP contribution is 2.36. The lowest BCUT2D eigenvalue weighted by Gasteiger charge is -2.38. The third-order valence-corrected chi connectivity index (χ3v) is 6.47. The van der Waals surface area contributed by atoms with Gasteiger partial charge in [0.2, 0.25) is 0 Å². The van der Waals surface area contributed by atoms with E-state index in [0.717, 1.165) is 23.0 Å². The summed E-state index contributed by atoms with van der Waals surface area (Å²) >= 11 is 13.4. The number of pyridine rings is 2. The zero-order chi connectivity index (χ0) is 23.0. The molecule has 0 spiro atoms. The number of anilines is 2. The van der Waals surface area contributed by atoms with Crippen LogP contribution in [0.15, 0.2) is 48.1 Å². The van der Waals surface area contributed by atoms with Gasteiger partial charge >= 0.3 is 0 Å². The summed E-state index contributed by atoms with van der Waals surface area (Å²) in [6.07, 6.45) is 1.26. The van der Waals surface area contributed by atoms with Crippen molar-refractivity contribution in [2.75, 3.05) is 23.3 Å². The second-order valence-corrected chi connectivity index (χ2v) is 8.95. The first-order valence-electron chi connectivity index (χ1n) is 9.65. The molecule has 0 aliphatic carbocycles. The fourth-order valence-electron chi connectivity index (χ4n) is 3.54. The summed E-state index contributed by atoms with van der Waals surface area (Å²) in [4.78, 5) is 10.6. The lowest BCUT2D eigenvalue weighted by molar-refractivity contribution is -0.0394. The van der Waals surface area contributed by atoms with Crippen molar-refractivity contribution in [3.63, 3.8) is 0 Å². The molecule has 11 heteroatoms. The van der Waals surface area contributed by atoms with Crippen LogP contribution in [0.25, 0.3) is 16.6 Å². The van der Waals surface area contributed by atoms with E-state index in [0.29, 0.717) is 37.7 Å².